The van der Waals surface area contributed by atoms with E-state index in [1.165, 1.54) is 0 Å². The van der Waals surface area contributed by atoms with Crippen LogP contribution in [0.1, 0.15) is 18.4 Å². The van der Waals surface area contributed by atoms with Gasteiger partial charge in [0.1, 0.15) is 6.04 Å². The van der Waals surface area contributed by atoms with Crippen molar-refractivity contribution in [2.45, 2.75) is 25.4 Å². The zero-order chi connectivity index (χ0) is 12.3. The number of hydrogen-bond acceptors (Lipinski definition) is 3. The van der Waals surface area contributed by atoms with Crippen LogP contribution in [0.4, 0.5) is 0 Å². The molecular weight excluding hydrogens is 218 g/mol. The van der Waals surface area contributed by atoms with Gasteiger partial charge in [0.25, 0.3) is 0 Å². The molecule has 1 fully saturated rings. The van der Waals surface area contributed by atoms with E-state index in [9.17, 15) is 9.59 Å². The van der Waals surface area contributed by atoms with Crippen molar-refractivity contribution in [2.24, 2.45) is 0 Å². The molecule has 1 aliphatic rings. The van der Waals surface area contributed by atoms with Crippen LogP contribution in [0.5, 0.6) is 0 Å². The van der Waals surface area contributed by atoms with Crippen molar-refractivity contribution in [1.82, 2.24) is 15.2 Å². The highest BCUT2D eigenvalue weighted by Crippen LogP contribution is 2.10. The van der Waals surface area contributed by atoms with Gasteiger partial charge in [-0.1, -0.05) is 6.07 Å². The standard InChI is InChI=1S/C12H15N3O2/c1-15(8-9-3-2-6-13-7-9)12(17)10-4-5-11(16)14-10/h2-3,6-7,10H,4-5,8H2,1H3,(H,14,16). The molecule has 1 unspecified atom stereocenters. The number of nitrogens with zero attached hydrogens (tertiary/aromatic N) is 2. The summed E-state index contributed by atoms with van der Waals surface area (Å²) in [5.41, 5.74) is 0.979. The van der Waals surface area contributed by atoms with Crippen LogP contribution in [0, 0.1) is 0 Å². The second kappa shape index (κ2) is 4.95. The van der Waals surface area contributed by atoms with E-state index in [1.54, 1.807) is 24.3 Å². The van der Waals surface area contributed by atoms with Gasteiger partial charge < -0.3 is 10.2 Å². The molecule has 0 aromatic carbocycles. The lowest BCUT2D eigenvalue weighted by Crippen LogP contribution is -2.42. The van der Waals surface area contributed by atoms with Gasteiger partial charge in [-0.15, -0.1) is 0 Å². The lowest BCUT2D eigenvalue weighted by Gasteiger charge is -2.20. The zero-order valence-corrected chi connectivity index (χ0v) is 9.72. The molecule has 17 heavy (non-hydrogen) atoms. The number of amides is 2. The SMILES string of the molecule is CN(Cc1cccnc1)C(=O)C1CCC(=O)N1. The fourth-order valence-electron chi connectivity index (χ4n) is 1.91. The van der Waals surface area contributed by atoms with Crippen molar-refractivity contribution >= 4 is 11.8 Å². The van der Waals surface area contributed by atoms with Crippen LogP contribution in [0.25, 0.3) is 0 Å². The summed E-state index contributed by atoms with van der Waals surface area (Å²) >= 11 is 0. The Morgan fingerprint density at radius 2 is 2.47 bits per heavy atom. The van der Waals surface area contributed by atoms with Crippen molar-refractivity contribution in [1.29, 1.82) is 0 Å². The van der Waals surface area contributed by atoms with Gasteiger partial charge in [0.15, 0.2) is 0 Å². The molecule has 0 spiro atoms. The average Bonchev–Trinajstić information content (AvgIpc) is 2.76. The van der Waals surface area contributed by atoms with Gasteiger partial charge in [-0.25, -0.2) is 0 Å². The first-order valence-corrected chi connectivity index (χ1v) is 5.60. The maximum Gasteiger partial charge on any atom is 0.245 e. The Morgan fingerprint density at radius 3 is 3.06 bits per heavy atom. The average molecular weight is 233 g/mol. The summed E-state index contributed by atoms with van der Waals surface area (Å²) in [6, 6.07) is 3.40. The van der Waals surface area contributed by atoms with Gasteiger partial charge >= 0.3 is 0 Å². The van der Waals surface area contributed by atoms with E-state index < -0.39 is 0 Å². The molecule has 5 heteroatoms. The van der Waals surface area contributed by atoms with Crippen molar-refractivity contribution < 1.29 is 9.59 Å². The number of likely N-dealkylation sites (N-methyl/N-ethyl adjacent to an activating group) is 1. The fraction of sp³-hybridized carbons (Fsp3) is 0.417. The fourth-order valence-corrected chi connectivity index (χ4v) is 1.91. The van der Waals surface area contributed by atoms with Crippen molar-refractivity contribution in [3.8, 4) is 0 Å². The van der Waals surface area contributed by atoms with Crippen LogP contribution in [0.3, 0.4) is 0 Å². The highest BCUT2D eigenvalue weighted by atomic mass is 16.2. The van der Waals surface area contributed by atoms with Gasteiger partial charge in [0.2, 0.25) is 11.8 Å². The number of pyridine rings is 1. The second-order valence-corrected chi connectivity index (χ2v) is 4.21. The van der Waals surface area contributed by atoms with Crippen molar-refractivity contribution in [3.05, 3.63) is 30.1 Å². The van der Waals surface area contributed by atoms with E-state index in [-0.39, 0.29) is 17.9 Å². The number of carbonyl (C=O) groups is 2. The third kappa shape index (κ3) is 2.81. The first kappa shape index (κ1) is 11.6. The number of carbonyl (C=O) groups excluding carboxylic acids is 2. The van der Waals surface area contributed by atoms with E-state index in [2.05, 4.69) is 10.3 Å². The summed E-state index contributed by atoms with van der Waals surface area (Å²) in [6.45, 7) is 0.513. The first-order chi connectivity index (χ1) is 8.16. The molecule has 0 aliphatic carbocycles. The molecule has 0 saturated carbocycles. The molecular formula is C12H15N3O2. The van der Waals surface area contributed by atoms with Gasteiger partial charge in [-0.2, -0.15) is 0 Å². The minimum Gasteiger partial charge on any atom is -0.344 e. The lowest BCUT2D eigenvalue weighted by atomic mass is 10.2. The van der Waals surface area contributed by atoms with Crippen LogP contribution in [0.15, 0.2) is 24.5 Å². The van der Waals surface area contributed by atoms with Gasteiger partial charge in [-0.3, -0.25) is 14.6 Å². The highest BCUT2D eigenvalue weighted by molar-refractivity contribution is 5.90. The highest BCUT2D eigenvalue weighted by Gasteiger charge is 2.29. The summed E-state index contributed by atoms with van der Waals surface area (Å²) in [5.74, 6) is -0.0853. The van der Waals surface area contributed by atoms with E-state index in [1.807, 2.05) is 12.1 Å². The van der Waals surface area contributed by atoms with Gasteiger partial charge in [0.05, 0.1) is 0 Å². The number of aromatic nitrogens is 1. The largest absolute Gasteiger partial charge is 0.344 e. The number of hydrogen-bond donors (Lipinski definition) is 1. The second-order valence-electron chi connectivity index (χ2n) is 4.21. The Bertz CT molecular complexity index is 419. The van der Waals surface area contributed by atoms with Gasteiger partial charge in [0, 0.05) is 32.4 Å². The molecule has 1 saturated heterocycles. The summed E-state index contributed by atoms with van der Waals surface area (Å²) in [5, 5.41) is 2.67. The van der Waals surface area contributed by atoms with Crippen molar-refractivity contribution in [2.75, 3.05) is 7.05 Å². The zero-order valence-electron chi connectivity index (χ0n) is 9.72. The normalized spacial score (nSPS) is 18.9. The molecule has 1 aromatic heterocycles. The third-order valence-corrected chi connectivity index (χ3v) is 2.81. The number of nitrogens with one attached hydrogen (secondary N) is 1. The lowest BCUT2D eigenvalue weighted by molar-refractivity contribution is -0.133. The maximum atomic E-state index is 12.0. The molecule has 1 aliphatic heterocycles. The van der Waals surface area contributed by atoms with Gasteiger partial charge in [-0.05, 0) is 18.1 Å². The Balaban J connectivity index is 1.94. The molecule has 2 heterocycles. The molecule has 0 radical (unpaired) electrons. The monoisotopic (exact) mass is 233 g/mol. The molecule has 90 valence electrons. The minimum absolute atomic E-state index is 0.0419. The Kier molecular flexibility index (Phi) is 3.37. The van der Waals surface area contributed by atoms with Crippen molar-refractivity contribution in [3.63, 3.8) is 0 Å². The Morgan fingerprint density at radius 1 is 1.65 bits per heavy atom. The van der Waals surface area contributed by atoms with E-state index in [0.717, 1.165) is 5.56 Å². The predicted octanol–water partition coefficient (Wildman–Crippen LogP) is 0.319. The summed E-state index contributed by atoms with van der Waals surface area (Å²) in [6.07, 6.45) is 4.46. The number of rotatable bonds is 3. The van der Waals surface area contributed by atoms with Crippen LogP contribution in [-0.4, -0.2) is 34.8 Å². The predicted molar refractivity (Wildman–Crippen MR) is 61.9 cm³/mol. The Hall–Kier alpha value is -1.91. The molecule has 1 N–H and O–H groups in total. The third-order valence-electron chi connectivity index (χ3n) is 2.81. The van der Waals surface area contributed by atoms with Crippen LogP contribution in [0.2, 0.25) is 0 Å². The molecule has 1 aromatic rings. The summed E-state index contributed by atoms with van der Waals surface area (Å²) in [4.78, 5) is 28.7. The van der Waals surface area contributed by atoms with Crippen LogP contribution in [-0.2, 0) is 16.1 Å². The topological polar surface area (TPSA) is 62.3 Å². The molecule has 1 atom stereocenters. The van der Waals surface area contributed by atoms with E-state index >= 15 is 0 Å². The maximum absolute atomic E-state index is 12.0. The molecule has 0 bridgehead atoms. The van der Waals surface area contributed by atoms with E-state index in [0.29, 0.717) is 19.4 Å². The van der Waals surface area contributed by atoms with Crippen LogP contribution >= 0.6 is 0 Å². The van der Waals surface area contributed by atoms with Crippen LogP contribution < -0.4 is 5.32 Å². The Labute approximate surface area is 99.8 Å². The minimum atomic E-state index is -0.357. The summed E-state index contributed by atoms with van der Waals surface area (Å²) < 4.78 is 0. The molecule has 2 rings (SSSR count). The smallest absolute Gasteiger partial charge is 0.245 e. The molecule has 5 nitrogen and oxygen atoms in total. The first-order valence-electron chi connectivity index (χ1n) is 5.60. The quantitative estimate of drug-likeness (QED) is 0.817. The summed E-state index contributed by atoms with van der Waals surface area (Å²) in [7, 11) is 1.74. The molecule has 2 amide bonds. The van der Waals surface area contributed by atoms with E-state index in [4.69, 9.17) is 0 Å².